The number of benzene rings is 10. The van der Waals surface area contributed by atoms with Crippen molar-refractivity contribution in [2.24, 2.45) is 0 Å². The number of hydrogen-bond donors (Lipinski definition) is 0. The summed E-state index contributed by atoms with van der Waals surface area (Å²) in [5.74, 6) is 0. The standard InChI is InChI=1S/C62H41N/c1-4-19-42(20-5-1)43-21-18-26-46(39-43)63(47-36-38-59-54(40-47)52-30-13-14-31-55(52)61(59,44-22-6-2-7-23-44)45-24-8-3-9-25-45)48-35-37-53-51-29-12-17-34-58(51)62(60(53)41-48)56-32-15-10-27-49(56)50-28-11-16-33-57(50)62/h1-41H. The van der Waals surface area contributed by atoms with E-state index >= 15 is 0 Å². The molecule has 0 radical (unpaired) electrons. The van der Waals surface area contributed by atoms with Gasteiger partial charge in [0.25, 0.3) is 0 Å². The van der Waals surface area contributed by atoms with Crippen molar-refractivity contribution < 1.29 is 0 Å². The molecule has 0 amide bonds. The number of hydrogen-bond acceptors (Lipinski definition) is 1. The molecule has 3 aliphatic rings. The maximum Gasteiger partial charge on any atom is 0.0726 e. The van der Waals surface area contributed by atoms with E-state index in [9.17, 15) is 0 Å². The molecule has 0 heterocycles. The second-order valence-electron chi connectivity index (χ2n) is 17.1. The van der Waals surface area contributed by atoms with Crippen molar-refractivity contribution in [2.45, 2.75) is 10.8 Å². The molecule has 1 spiro atoms. The second kappa shape index (κ2) is 13.8. The van der Waals surface area contributed by atoms with E-state index in [1.807, 2.05) is 0 Å². The van der Waals surface area contributed by atoms with Crippen LogP contribution in [0.15, 0.2) is 249 Å². The molecule has 0 N–H and O–H groups in total. The van der Waals surface area contributed by atoms with Crippen molar-refractivity contribution in [1.82, 2.24) is 0 Å². The first-order valence-corrected chi connectivity index (χ1v) is 22.0. The van der Waals surface area contributed by atoms with E-state index in [0.29, 0.717) is 0 Å². The van der Waals surface area contributed by atoms with E-state index in [1.165, 1.54) is 89.0 Å². The van der Waals surface area contributed by atoms with Crippen LogP contribution in [0.25, 0.3) is 44.5 Å². The highest BCUT2D eigenvalue weighted by Gasteiger charge is 2.52. The molecule has 0 fully saturated rings. The maximum absolute atomic E-state index is 2.50. The van der Waals surface area contributed by atoms with Gasteiger partial charge in [-0.25, -0.2) is 0 Å². The Morgan fingerprint density at radius 3 is 1.19 bits per heavy atom. The number of rotatable bonds is 6. The van der Waals surface area contributed by atoms with Crippen molar-refractivity contribution in [2.75, 3.05) is 4.90 Å². The van der Waals surface area contributed by atoms with Gasteiger partial charge in [0, 0.05) is 17.1 Å². The summed E-state index contributed by atoms with van der Waals surface area (Å²) in [6.45, 7) is 0. The van der Waals surface area contributed by atoms with Gasteiger partial charge in [0.2, 0.25) is 0 Å². The van der Waals surface area contributed by atoms with E-state index in [4.69, 9.17) is 0 Å². The zero-order valence-corrected chi connectivity index (χ0v) is 34.6. The van der Waals surface area contributed by atoms with Gasteiger partial charge < -0.3 is 4.90 Å². The second-order valence-corrected chi connectivity index (χ2v) is 17.1. The molecule has 294 valence electrons. The van der Waals surface area contributed by atoms with Gasteiger partial charge in [-0.15, -0.1) is 0 Å². The van der Waals surface area contributed by atoms with E-state index in [1.54, 1.807) is 0 Å². The molecular weight excluding hydrogens is 759 g/mol. The average Bonchev–Trinajstić information content (AvgIpc) is 3.95. The summed E-state index contributed by atoms with van der Waals surface area (Å²) in [6.07, 6.45) is 0. The lowest BCUT2D eigenvalue weighted by atomic mass is 9.68. The summed E-state index contributed by atoms with van der Waals surface area (Å²) in [4.78, 5) is 2.49. The van der Waals surface area contributed by atoms with Crippen LogP contribution in [0.2, 0.25) is 0 Å². The van der Waals surface area contributed by atoms with E-state index < -0.39 is 10.8 Å². The van der Waals surface area contributed by atoms with Crippen LogP contribution >= 0.6 is 0 Å². The van der Waals surface area contributed by atoms with Gasteiger partial charge >= 0.3 is 0 Å². The van der Waals surface area contributed by atoms with E-state index in [-0.39, 0.29) is 0 Å². The van der Waals surface area contributed by atoms with Crippen LogP contribution in [0.1, 0.15) is 44.5 Å². The quantitative estimate of drug-likeness (QED) is 0.162. The highest BCUT2D eigenvalue weighted by atomic mass is 15.1. The monoisotopic (exact) mass is 799 g/mol. The van der Waals surface area contributed by atoms with E-state index in [0.717, 1.165) is 17.1 Å². The third-order valence-corrected chi connectivity index (χ3v) is 14.2. The molecule has 10 aromatic carbocycles. The smallest absolute Gasteiger partial charge is 0.0726 e. The molecular formula is C62H41N. The molecule has 63 heavy (non-hydrogen) atoms. The van der Waals surface area contributed by atoms with Gasteiger partial charge in [-0.1, -0.05) is 212 Å². The molecule has 1 nitrogen and oxygen atoms in total. The van der Waals surface area contributed by atoms with Gasteiger partial charge in [0.15, 0.2) is 0 Å². The summed E-state index contributed by atoms with van der Waals surface area (Å²) in [5, 5.41) is 0. The van der Waals surface area contributed by atoms with Gasteiger partial charge in [0.05, 0.1) is 10.8 Å². The fourth-order valence-corrected chi connectivity index (χ4v) is 11.7. The topological polar surface area (TPSA) is 3.24 Å². The summed E-state index contributed by atoms with van der Waals surface area (Å²) < 4.78 is 0. The summed E-state index contributed by atoms with van der Waals surface area (Å²) in [6, 6.07) is 92.6. The third-order valence-electron chi connectivity index (χ3n) is 14.2. The van der Waals surface area contributed by atoms with Crippen LogP contribution in [-0.4, -0.2) is 0 Å². The molecule has 0 saturated carbocycles. The Kier molecular flexibility index (Phi) is 7.80. The molecule has 13 rings (SSSR count). The minimum absolute atomic E-state index is 0.450. The first-order chi connectivity index (χ1) is 31.3. The van der Waals surface area contributed by atoms with Crippen molar-refractivity contribution in [1.29, 1.82) is 0 Å². The Balaban J connectivity index is 1.08. The lowest BCUT2D eigenvalue weighted by molar-refractivity contribution is 0.768. The normalized spacial score (nSPS) is 14.0. The molecule has 1 heteroatoms. The van der Waals surface area contributed by atoms with Crippen molar-refractivity contribution in [3.05, 3.63) is 293 Å². The zero-order chi connectivity index (χ0) is 41.5. The maximum atomic E-state index is 2.50. The fourth-order valence-electron chi connectivity index (χ4n) is 11.7. The Bertz CT molecular complexity index is 3300. The van der Waals surface area contributed by atoms with Gasteiger partial charge in [-0.05, 0) is 125 Å². The third kappa shape index (κ3) is 4.94. The molecule has 0 atom stereocenters. The zero-order valence-electron chi connectivity index (χ0n) is 34.6. The number of anilines is 3. The Hall–Kier alpha value is -8.00. The number of fused-ring (bicyclic) bond motifs is 13. The Labute approximate surface area is 368 Å². The van der Waals surface area contributed by atoms with Gasteiger partial charge in [-0.3, -0.25) is 0 Å². The lowest BCUT2D eigenvalue weighted by Gasteiger charge is -2.34. The van der Waals surface area contributed by atoms with Crippen molar-refractivity contribution in [3.8, 4) is 44.5 Å². The minimum atomic E-state index is -0.472. The number of nitrogens with zero attached hydrogens (tertiary/aromatic N) is 1. The largest absolute Gasteiger partial charge is 0.310 e. The predicted octanol–water partition coefficient (Wildman–Crippen LogP) is 15.5. The molecule has 0 aromatic heterocycles. The molecule has 3 aliphatic carbocycles. The summed E-state index contributed by atoms with van der Waals surface area (Å²) in [5.41, 5.74) is 23.0. The van der Waals surface area contributed by atoms with Crippen LogP contribution < -0.4 is 4.90 Å². The Morgan fingerprint density at radius 2 is 0.619 bits per heavy atom. The molecule has 0 unspecified atom stereocenters. The van der Waals surface area contributed by atoms with Crippen LogP contribution in [0.5, 0.6) is 0 Å². The first-order valence-electron chi connectivity index (χ1n) is 22.0. The lowest BCUT2D eigenvalue weighted by Crippen LogP contribution is -2.28. The first kappa shape index (κ1) is 35.7. The SMILES string of the molecule is c1ccc(-c2cccc(N(c3ccc4c(c3)-c3ccccc3C4(c3ccccc3)c3ccccc3)c3ccc4c(c3)C3(c5ccccc5-c5ccccc53)c3ccccc3-4)c2)cc1. The predicted molar refractivity (Wildman–Crippen MR) is 260 cm³/mol. The van der Waals surface area contributed by atoms with Crippen molar-refractivity contribution in [3.63, 3.8) is 0 Å². The van der Waals surface area contributed by atoms with Crippen LogP contribution in [0, 0.1) is 0 Å². The fraction of sp³-hybridized carbons (Fsp3) is 0.0323. The molecule has 10 aromatic rings. The van der Waals surface area contributed by atoms with Crippen LogP contribution in [0.3, 0.4) is 0 Å². The highest BCUT2D eigenvalue weighted by molar-refractivity contribution is 5.97. The van der Waals surface area contributed by atoms with Gasteiger partial charge in [-0.2, -0.15) is 0 Å². The summed E-state index contributed by atoms with van der Waals surface area (Å²) >= 11 is 0. The van der Waals surface area contributed by atoms with Crippen molar-refractivity contribution >= 4 is 17.1 Å². The molecule has 0 aliphatic heterocycles. The van der Waals surface area contributed by atoms with E-state index in [2.05, 4.69) is 254 Å². The van der Waals surface area contributed by atoms with Crippen LogP contribution in [0.4, 0.5) is 17.1 Å². The summed E-state index contributed by atoms with van der Waals surface area (Å²) in [7, 11) is 0. The molecule has 0 bridgehead atoms. The average molecular weight is 800 g/mol. The highest BCUT2D eigenvalue weighted by Crippen LogP contribution is 2.64. The molecule has 0 saturated heterocycles. The van der Waals surface area contributed by atoms with Crippen LogP contribution in [-0.2, 0) is 10.8 Å². The minimum Gasteiger partial charge on any atom is -0.310 e. The van der Waals surface area contributed by atoms with Gasteiger partial charge in [0.1, 0.15) is 0 Å². The Morgan fingerprint density at radius 1 is 0.222 bits per heavy atom.